The van der Waals surface area contributed by atoms with Crippen LogP contribution in [0.25, 0.3) is 0 Å². The Bertz CT molecular complexity index is 308. The summed E-state index contributed by atoms with van der Waals surface area (Å²) in [6.07, 6.45) is 1.47. The van der Waals surface area contributed by atoms with Gasteiger partial charge in [-0.3, -0.25) is 4.79 Å². The minimum Gasteiger partial charge on any atom is -0.298 e. The fourth-order valence-corrected chi connectivity index (χ4v) is 1.71. The van der Waals surface area contributed by atoms with Gasteiger partial charge in [-0.05, 0) is 24.1 Å². The van der Waals surface area contributed by atoms with Crippen LogP contribution >= 0.6 is 23.2 Å². The molecular formula is C9H8Cl2O. The molecule has 0 aliphatic carbocycles. The second kappa shape index (κ2) is 3.92. The lowest BCUT2D eigenvalue weighted by Gasteiger charge is -2.05. The molecule has 1 aromatic carbocycles. The maximum Gasteiger partial charge on any atom is 0.151 e. The number of rotatable bonds is 2. The van der Waals surface area contributed by atoms with Crippen molar-refractivity contribution in [2.45, 2.75) is 13.3 Å². The average molecular weight is 203 g/mol. The fourth-order valence-electron chi connectivity index (χ4n) is 1.03. The molecule has 1 rings (SSSR count). The molecule has 0 saturated heterocycles. The number of carbonyl (C=O) groups excluding carboxylic acids is 1. The number of aldehydes is 1. The van der Waals surface area contributed by atoms with Crippen LogP contribution in [0.4, 0.5) is 0 Å². The maximum atomic E-state index is 10.5. The van der Waals surface area contributed by atoms with Gasteiger partial charge in [-0.2, -0.15) is 0 Å². The zero-order valence-corrected chi connectivity index (χ0v) is 8.12. The van der Waals surface area contributed by atoms with Crippen molar-refractivity contribution in [3.05, 3.63) is 33.3 Å². The highest BCUT2D eigenvalue weighted by Gasteiger charge is 2.07. The Morgan fingerprint density at radius 3 is 2.58 bits per heavy atom. The Morgan fingerprint density at radius 2 is 2.08 bits per heavy atom. The molecule has 12 heavy (non-hydrogen) atoms. The van der Waals surface area contributed by atoms with Crippen LogP contribution < -0.4 is 0 Å². The molecule has 0 unspecified atom stereocenters. The van der Waals surface area contributed by atoms with Gasteiger partial charge in [-0.15, -0.1) is 0 Å². The maximum absolute atomic E-state index is 10.5. The standard InChI is InChI=1S/C9H8Cl2O/c1-2-7-8(10)4-3-6(5-12)9(7)11/h3-5H,2H2,1H3. The molecule has 0 radical (unpaired) electrons. The Labute approximate surface area is 81.3 Å². The Hall–Kier alpha value is -0.530. The molecule has 0 aromatic heterocycles. The lowest BCUT2D eigenvalue weighted by molar-refractivity contribution is 0.112. The molecule has 1 aromatic rings. The minimum absolute atomic E-state index is 0.472. The number of halogens is 2. The van der Waals surface area contributed by atoms with Gasteiger partial charge in [0.05, 0.1) is 5.02 Å². The van der Waals surface area contributed by atoms with Gasteiger partial charge in [-0.25, -0.2) is 0 Å². The lowest BCUT2D eigenvalue weighted by atomic mass is 10.1. The van der Waals surface area contributed by atoms with E-state index in [9.17, 15) is 4.79 Å². The van der Waals surface area contributed by atoms with Crippen LogP contribution in [0.1, 0.15) is 22.8 Å². The summed E-state index contributed by atoms with van der Waals surface area (Å²) in [7, 11) is 0. The minimum atomic E-state index is 0.472. The summed E-state index contributed by atoms with van der Waals surface area (Å²) in [5.41, 5.74) is 1.33. The zero-order chi connectivity index (χ0) is 9.14. The Morgan fingerprint density at radius 1 is 1.42 bits per heavy atom. The van der Waals surface area contributed by atoms with Crippen LogP contribution in [0.2, 0.25) is 10.0 Å². The quantitative estimate of drug-likeness (QED) is 0.673. The third-order valence-electron chi connectivity index (χ3n) is 1.70. The van der Waals surface area contributed by atoms with Gasteiger partial charge in [-0.1, -0.05) is 30.1 Å². The smallest absolute Gasteiger partial charge is 0.151 e. The van der Waals surface area contributed by atoms with Gasteiger partial charge in [0.15, 0.2) is 6.29 Å². The molecule has 0 heterocycles. The van der Waals surface area contributed by atoms with Gasteiger partial charge in [0.25, 0.3) is 0 Å². The van der Waals surface area contributed by atoms with Crippen LogP contribution in [0, 0.1) is 0 Å². The molecular weight excluding hydrogens is 195 g/mol. The lowest BCUT2D eigenvalue weighted by Crippen LogP contribution is -1.90. The fraction of sp³-hybridized carbons (Fsp3) is 0.222. The van der Waals surface area contributed by atoms with E-state index in [0.717, 1.165) is 18.3 Å². The number of benzene rings is 1. The van der Waals surface area contributed by atoms with Crippen LogP contribution in [0.15, 0.2) is 12.1 Å². The second-order valence-corrected chi connectivity index (χ2v) is 3.19. The normalized spacial score (nSPS) is 9.92. The van der Waals surface area contributed by atoms with Gasteiger partial charge < -0.3 is 0 Å². The highest BCUT2D eigenvalue weighted by atomic mass is 35.5. The van der Waals surface area contributed by atoms with Crippen LogP contribution in [-0.4, -0.2) is 6.29 Å². The molecule has 0 bridgehead atoms. The highest BCUT2D eigenvalue weighted by Crippen LogP contribution is 2.27. The third-order valence-corrected chi connectivity index (χ3v) is 2.50. The van der Waals surface area contributed by atoms with E-state index in [1.165, 1.54) is 0 Å². The van der Waals surface area contributed by atoms with Crippen LogP contribution in [0.5, 0.6) is 0 Å². The van der Waals surface area contributed by atoms with Crippen LogP contribution in [0.3, 0.4) is 0 Å². The average Bonchev–Trinajstić information content (AvgIpc) is 2.06. The summed E-state index contributed by atoms with van der Waals surface area (Å²) < 4.78 is 0. The predicted molar refractivity (Wildman–Crippen MR) is 51.2 cm³/mol. The second-order valence-electron chi connectivity index (χ2n) is 2.40. The summed E-state index contributed by atoms with van der Waals surface area (Å²) in [4.78, 5) is 10.5. The van der Waals surface area contributed by atoms with Crippen molar-refractivity contribution in [2.24, 2.45) is 0 Å². The molecule has 0 spiro atoms. The first-order valence-corrected chi connectivity index (χ1v) is 4.38. The number of carbonyl (C=O) groups is 1. The van der Waals surface area contributed by atoms with E-state index in [1.54, 1.807) is 12.1 Å². The first kappa shape index (κ1) is 9.56. The Kier molecular flexibility index (Phi) is 3.12. The largest absolute Gasteiger partial charge is 0.298 e. The van der Waals surface area contributed by atoms with Crippen molar-refractivity contribution in [1.82, 2.24) is 0 Å². The van der Waals surface area contributed by atoms with Crippen molar-refractivity contribution in [3.8, 4) is 0 Å². The van der Waals surface area contributed by atoms with E-state index in [2.05, 4.69) is 0 Å². The van der Waals surface area contributed by atoms with Gasteiger partial charge in [0.2, 0.25) is 0 Å². The number of hydrogen-bond donors (Lipinski definition) is 0. The molecule has 0 aliphatic heterocycles. The van der Waals surface area contributed by atoms with E-state index in [4.69, 9.17) is 23.2 Å². The van der Waals surface area contributed by atoms with Crippen molar-refractivity contribution >= 4 is 29.5 Å². The van der Waals surface area contributed by atoms with Crippen LogP contribution in [-0.2, 0) is 6.42 Å². The molecule has 3 heteroatoms. The highest BCUT2D eigenvalue weighted by molar-refractivity contribution is 6.37. The summed E-state index contributed by atoms with van der Waals surface area (Å²) in [5, 5.41) is 1.09. The summed E-state index contributed by atoms with van der Waals surface area (Å²) in [6, 6.07) is 3.31. The SMILES string of the molecule is CCc1c(Cl)ccc(C=O)c1Cl. The molecule has 0 N–H and O–H groups in total. The molecule has 1 nitrogen and oxygen atoms in total. The third kappa shape index (κ3) is 1.62. The van der Waals surface area contributed by atoms with Gasteiger partial charge >= 0.3 is 0 Å². The van der Waals surface area contributed by atoms with E-state index in [1.807, 2.05) is 6.92 Å². The molecule has 0 atom stereocenters. The molecule has 0 fully saturated rings. The van der Waals surface area contributed by atoms with Crippen molar-refractivity contribution < 1.29 is 4.79 Å². The summed E-state index contributed by atoms with van der Waals surface area (Å²) in [6.45, 7) is 1.95. The Balaban J connectivity index is 3.33. The van der Waals surface area contributed by atoms with Gasteiger partial charge in [0, 0.05) is 10.6 Å². The van der Waals surface area contributed by atoms with Crippen molar-refractivity contribution in [2.75, 3.05) is 0 Å². The first-order chi connectivity index (χ1) is 5.70. The van der Waals surface area contributed by atoms with Crippen molar-refractivity contribution in [1.29, 1.82) is 0 Å². The van der Waals surface area contributed by atoms with E-state index in [-0.39, 0.29) is 0 Å². The van der Waals surface area contributed by atoms with Gasteiger partial charge in [0.1, 0.15) is 0 Å². The molecule has 64 valence electrons. The van der Waals surface area contributed by atoms with Crippen molar-refractivity contribution in [3.63, 3.8) is 0 Å². The van der Waals surface area contributed by atoms with E-state index < -0.39 is 0 Å². The summed E-state index contributed by atoms with van der Waals surface area (Å²) in [5.74, 6) is 0. The summed E-state index contributed by atoms with van der Waals surface area (Å²) >= 11 is 11.8. The first-order valence-electron chi connectivity index (χ1n) is 3.62. The van der Waals surface area contributed by atoms with E-state index >= 15 is 0 Å². The molecule has 0 aliphatic rings. The predicted octanol–water partition coefficient (Wildman–Crippen LogP) is 3.37. The topological polar surface area (TPSA) is 17.1 Å². The number of hydrogen-bond acceptors (Lipinski definition) is 1. The monoisotopic (exact) mass is 202 g/mol. The zero-order valence-electron chi connectivity index (χ0n) is 6.60. The van der Waals surface area contributed by atoms with E-state index in [0.29, 0.717) is 15.6 Å². The molecule has 0 saturated carbocycles. The molecule has 0 amide bonds.